The molecular formula is C21H14BBr2. The van der Waals surface area contributed by atoms with Gasteiger partial charge >= 0.3 is 0 Å². The molecule has 0 atom stereocenters. The predicted molar refractivity (Wildman–Crippen MR) is 112 cm³/mol. The molecule has 0 saturated heterocycles. The molecule has 1 radical (unpaired) electrons. The minimum atomic E-state index is 0.974. The number of allylic oxidation sites excluding steroid dienone is 3. The Morgan fingerprint density at radius 1 is 0.708 bits per heavy atom. The van der Waals surface area contributed by atoms with Gasteiger partial charge in [0.25, 0.3) is 0 Å². The average molecular weight is 437 g/mol. The van der Waals surface area contributed by atoms with Gasteiger partial charge in [0, 0.05) is 8.95 Å². The summed E-state index contributed by atoms with van der Waals surface area (Å²) < 4.78 is 2.23. The van der Waals surface area contributed by atoms with Crippen molar-refractivity contribution in [2.45, 2.75) is 6.32 Å². The van der Waals surface area contributed by atoms with Crippen LogP contribution in [0.25, 0.3) is 21.9 Å². The summed E-state index contributed by atoms with van der Waals surface area (Å²) in [5, 5.41) is 2.54. The van der Waals surface area contributed by atoms with Crippen LogP contribution >= 0.6 is 31.9 Å². The summed E-state index contributed by atoms with van der Waals surface area (Å²) in [6, 6.07) is 21.6. The van der Waals surface area contributed by atoms with Crippen molar-refractivity contribution in [1.29, 1.82) is 0 Å². The van der Waals surface area contributed by atoms with Crippen LogP contribution < -0.4 is 0 Å². The topological polar surface area (TPSA) is 0 Å². The van der Waals surface area contributed by atoms with Crippen LogP contribution in [-0.4, -0.2) is 7.28 Å². The van der Waals surface area contributed by atoms with Gasteiger partial charge in [0.2, 0.25) is 0 Å². The maximum Gasteiger partial charge on any atom is 0.147 e. The monoisotopic (exact) mass is 435 g/mol. The maximum atomic E-state index is 3.54. The molecule has 3 aromatic rings. The molecule has 0 saturated carbocycles. The van der Waals surface area contributed by atoms with Crippen molar-refractivity contribution in [2.75, 3.05) is 0 Å². The van der Waals surface area contributed by atoms with Crippen molar-refractivity contribution >= 4 is 61.1 Å². The highest BCUT2D eigenvalue weighted by Gasteiger charge is 2.10. The number of hydrogen-bond acceptors (Lipinski definition) is 0. The van der Waals surface area contributed by atoms with Gasteiger partial charge in [-0.3, -0.25) is 0 Å². The lowest BCUT2D eigenvalue weighted by molar-refractivity contribution is 1.54. The van der Waals surface area contributed by atoms with Gasteiger partial charge in [-0.05, 0) is 63.4 Å². The fraction of sp³-hybridized carbons (Fsp3) is 0.0476. The van der Waals surface area contributed by atoms with Crippen LogP contribution in [0, 0.1) is 0 Å². The van der Waals surface area contributed by atoms with Gasteiger partial charge in [-0.25, -0.2) is 0 Å². The van der Waals surface area contributed by atoms with Crippen LogP contribution in [0.2, 0.25) is 6.32 Å². The molecule has 0 aliphatic carbocycles. The molecule has 1 aliphatic heterocycles. The van der Waals surface area contributed by atoms with Crippen LogP contribution in [0.3, 0.4) is 0 Å². The second kappa shape index (κ2) is 6.74. The average Bonchev–Trinajstić information content (AvgIpc) is 2.62. The first-order chi connectivity index (χ1) is 11.7. The normalized spacial score (nSPS) is 14.1. The third kappa shape index (κ3) is 3.29. The Morgan fingerprint density at radius 3 is 2.21 bits per heavy atom. The first kappa shape index (κ1) is 15.9. The Labute approximate surface area is 159 Å². The summed E-state index contributed by atoms with van der Waals surface area (Å²) in [6.45, 7) is 0. The molecule has 4 rings (SSSR count). The van der Waals surface area contributed by atoms with Gasteiger partial charge in [0.05, 0.1) is 0 Å². The summed E-state index contributed by atoms with van der Waals surface area (Å²) in [4.78, 5) is 0. The first-order valence-corrected chi connectivity index (χ1v) is 9.47. The van der Waals surface area contributed by atoms with Crippen molar-refractivity contribution in [3.05, 3.63) is 92.8 Å². The van der Waals surface area contributed by atoms with E-state index in [1.165, 1.54) is 33.0 Å². The minimum Gasteiger partial charge on any atom is -0.115 e. The zero-order valence-corrected chi connectivity index (χ0v) is 16.1. The summed E-state index contributed by atoms with van der Waals surface area (Å²) in [5.74, 6) is 2.21. The molecule has 0 bridgehead atoms. The lowest BCUT2D eigenvalue weighted by Gasteiger charge is -2.15. The SMILES string of the molecule is Brc1ccc(C2=C[B]CC(c3ccc4cc(Br)ccc4c3)=C2)cc1. The molecule has 0 unspecified atom stereocenters. The zero-order chi connectivity index (χ0) is 16.5. The highest BCUT2D eigenvalue weighted by atomic mass is 79.9. The number of rotatable bonds is 2. The zero-order valence-electron chi connectivity index (χ0n) is 13.0. The molecule has 3 heteroatoms. The van der Waals surface area contributed by atoms with Crippen molar-refractivity contribution < 1.29 is 0 Å². The second-order valence-corrected chi connectivity index (χ2v) is 7.78. The fourth-order valence-electron chi connectivity index (χ4n) is 3.05. The third-order valence-electron chi connectivity index (χ3n) is 4.32. The molecule has 3 aromatic carbocycles. The van der Waals surface area contributed by atoms with E-state index in [0.717, 1.165) is 15.3 Å². The van der Waals surface area contributed by atoms with E-state index in [1.807, 2.05) is 0 Å². The van der Waals surface area contributed by atoms with E-state index in [4.69, 9.17) is 0 Å². The molecule has 115 valence electrons. The van der Waals surface area contributed by atoms with E-state index >= 15 is 0 Å². The molecule has 0 aromatic heterocycles. The van der Waals surface area contributed by atoms with Crippen LogP contribution in [0.4, 0.5) is 0 Å². The number of hydrogen-bond donors (Lipinski definition) is 0. The Morgan fingerprint density at radius 2 is 1.38 bits per heavy atom. The second-order valence-electron chi connectivity index (χ2n) is 5.94. The lowest BCUT2D eigenvalue weighted by atomic mass is 9.65. The van der Waals surface area contributed by atoms with Crippen LogP contribution in [0.1, 0.15) is 11.1 Å². The molecule has 0 spiro atoms. The molecule has 0 nitrogen and oxygen atoms in total. The molecule has 0 amide bonds. The van der Waals surface area contributed by atoms with Gasteiger partial charge in [0.1, 0.15) is 7.28 Å². The smallest absolute Gasteiger partial charge is 0.115 e. The van der Waals surface area contributed by atoms with Crippen LogP contribution in [0.5, 0.6) is 0 Å². The molecule has 0 N–H and O–H groups in total. The first-order valence-electron chi connectivity index (χ1n) is 7.89. The van der Waals surface area contributed by atoms with Crippen LogP contribution in [-0.2, 0) is 0 Å². The van der Waals surface area contributed by atoms with Gasteiger partial charge in [-0.1, -0.05) is 74.6 Å². The number of fused-ring (bicyclic) bond motifs is 1. The van der Waals surface area contributed by atoms with E-state index in [2.05, 4.69) is 112 Å². The standard InChI is InChI=1S/C21H14BBr2/c23-20-6-3-14(4-7-20)18-10-19(13-22-12-18)16-1-2-17-11-21(24)8-5-15(17)9-16/h1-12H,13H2. The third-order valence-corrected chi connectivity index (χ3v) is 5.34. The van der Waals surface area contributed by atoms with E-state index in [9.17, 15) is 0 Å². The molecule has 1 heterocycles. The summed E-state index contributed by atoms with van der Waals surface area (Å²) in [5.41, 5.74) is 5.17. The molecule has 24 heavy (non-hydrogen) atoms. The Hall–Kier alpha value is -1.58. The van der Waals surface area contributed by atoms with Crippen molar-refractivity contribution in [1.82, 2.24) is 0 Å². The highest BCUT2D eigenvalue weighted by molar-refractivity contribution is 9.10. The molecule has 1 aliphatic rings. The summed E-state index contributed by atoms with van der Waals surface area (Å²) in [7, 11) is 2.25. The van der Waals surface area contributed by atoms with E-state index in [-0.39, 0.29) is 0 Å². The fourth-order valence-corrected chi connectivity index (χ4v) is 3.69. The highest BCUT2D eigenvalue weighted by Crippen LogP contribution is 2.31. The van der Waals surface area contributed by atoms with E-state index in [1.54, 1.807) is 0 Å². The van der Waals surface area contributed by atoms with E-state index in [0.29, 0.717) is 0 Å². The van der Waals surface area contributed by atoms with Gasteiger partial charge in [-0.15, -0.1) is 5.98 Å². The van der Waals surface area contributed by atoms with Crippen molar-refractivity contribution in [2.24, 2.45) is 0 Å². The minimum absolute atomic E-state index is 0.974. The Kier molecular flexibility index (Phi) is 4.47. The quantitative estimate of drug-likeness (QED) is 0.382. The van der Waals surface area contributed by atoms with Gasteiger partial charge < -0.3 is 0 Å². The summed E-state index contributed by atoms with van der Waals surface area (Å²) in [6.07, 6.45) is 3.28. The van der Waals surface area contributed by atoms with Crippen molar-refractivity contribution in [3.8, 4) is 0 Å². The van der Waals surface area contributed by atoms with Crippen molar-refractivity contribution in [3.63, 3.8) is 0 Å². The molecular weight excluding hydrogens is 423 g/mol. The Balaban J connectivity index is 1.72. The summed E-state index contributed by atoms with van der Waals surface area (Å²) >= 11 is 7.04. The van der Waals surface area contributed by atoms with Gasteiger partial charge in [0.15, 0.2) is 0 Å². The number of benzene rings is 3. The predicted octanol–water partition coefficient (Wildman–Crippen LogP) is 6.93. The number of halogens is 2. The van der Waals surface area contributed by atoms with E-state index < -0.39 is 0 Å². The molecule has 0 fully saturated rings. The lowest BCUT2D eigenvalue weighted by Crippen LogP contribution is -1.98. The largest absolute Gasteiger partial charge is 0.147 e. The van der Waals surface area contributed by atoms with Crippen LogP contribution in [0.15, 0.2) is 81.7 Å². The maximum absolute atomic E-state index is 3.54. The van der Waals surface area contributed by atoms with Gasteiger partial charge in [-0.2, -0.15) is 0 Å². The Bertz CT molecular complexity index is 969.